The number of aliphatic hydroxyl groups is 1. The summed E-state index contributed by atoms with van der Waals surface area (Å²) < 4.78 is 0. The van der Waals surface area contributed by atoms with Crippen molar-refractivity contribution in [2.45, 2.75) is 19.4 Å². The Morgan fingerprint density at radius 2 is 1.93 bits per heavy atom. The van der Waals surface area contributed by atoms with E-state index in [0.29, 0.717) is 23.5 Å². The highest BCUT2D eigenvalue weighted by molar-refractivity contribution is 5.84. The van der Waals surface area contributed by atoms with Gasteiger partial charge in [-0.25, -0.2) is 4.98 Å². The molecule has 142 valence electrons. The van der Waals surface area contributed by atoms with E-state index >= 15 is 0 Å². The van der Waals surface area contributed by atoms with Crippen molar-refractivity contribution < 1.29 is 5.11 Å². The molecule has 0 saturated heterocycles. The van der Waals surface area contributed by atoms with E-state index in [1.165, 1.54) is 0 Å². The largest absolute Gasteiger partial charge is 0.394 e. The second kappa shape index (κ2) is 7.70. The minimum absolute atomic E-state index is 0.0552. The number of hydrogen-bond acceptors (Lipinski definition) is 4. The summed E-state index contributed by atoms with van der Waals surface area (Å²) in [7, 11) is 0. The maximum Gasteiger partial charge on any atom is 0.261 e. The summed E-state index contributed by atoms with van der Waals surface area (Å²) in [5, 5.41) is 13.2. The molecule has 4 N–H and O–H groups in total. The van der Waals surface area contributed by atoms with Crippen LogP contribution in [-0.4, -0.2) is 32.7 Å². The molecule has 6 heteroatoms. The Balaban J connectivity index is 1.71. The van der Waals surface area contributed by atoms with E-state index in [-0.39, 0.29) is 18.2 Å². The molecule has 6 nitrogen and oxygen atoms in total. The third-order valence-corrected chi connectivity index (χ3v) is 4.82. The first-order chi connectivity index (χ1) is 13.7. The third-order valence-electron chi connectivity index (χ3n) is 4.82. The van der Waals surface area contributed by atoms with Gasteiger partial charge >= 0.3 is 0 Å². The second-order valence-electron chi connectivity index (χ2n) is 6.87. The number of para-hydroxylation sites is 1. The van der Waals surface area contributed by atoms with Gasteiger partial charge in [0, 0.05) is 6.20 Å². The van der Waals surface area contributed by atoms with Gasteiger partial charge in [0.05, 0.1) is 29.4 Å². The smallest absolute Gasteiger partial charge is 0.261 e. The van der Waals surface area contributed by atoms with Gasteiger partial charge in [0.15, 0.2) is 0 Å². The summed E-state index contributed by atoms with van der Waals surface area (Å²) in [6.45, 7) is 1.93. The Morgan fingerprint density at radius 1 is 1.11 bits per heavy atom. The third kappa shape index (κ3) is 3.54. The lowest BCUT2D eigenvalue weighted by molar-refractivity contribution is 0.274. The Labute approximate surface area is 162 Å². The fourth-order valence-electron chi connectivity index (χ4n) is 3.41. The van der Waals surface area contributed by atoms with Gasteiger partial charge in [0.25, 0.3) is 5.56 Å². The highest BCUT2D eigenvalue weighted by Gasteiger charge is 2.17. The highest BCUT2D eigenvalue weighted by Crippen LogP contribution is 2.26. The Hall–Kier alpha value is -3.38. The SMILES string of the molecule is Cc1cccc2[nH]c(-c3c(NC(CO)Cc4ccccc4)cc[nH]c3=O)nc12. The highest BCUT2D eigenvalue weighted by atomic mass is 16.3. The molecule has 0 aliphatic carbocycles. The van der Waals surface area contributed by atoms with Crippen molar-refractivity contribution >= 4 is 16.7 Å². The molecule has 1 unspecified atom stereocenters. The number of fused-ring (bicyclic) bond motifs is 1. The molecule has 0 saturated carbocycles. The summed E-state index contributed by atoms with van der Waals surface area (Å²) in [6, 6.07) is 17.4. The molecule has 0 amide bonds. The topological polar surface area (TPSA) is 93.8 Å². The first-order valence-corrected chi connectivity index (χ1v) is 9.24. The lowest BCUT2D eigenvalue weighted by Crippen LogP contribution is -2.28. The average molecular weight is 374 g/mol. The van der Waals surface area contributed by atoms with Gasteiger partial charge in [-0.15, -0.1) is 0 Å². The van der Waals surface area contributed by atoms with Gasteiger partial charge in [0.1, 0.15) is 11.4 Å². The zero-order valence-corrected chi connectivity index (χ0v) is 15.6. The van der Waals surface area contributed by atoms with Crippen LogP contribution >= 0.6 is 0 Å². The number of imidazole rings is 1. The van der Waals surface area contributed by atoms with Gasteiger partial charge in [-0.1, -0.05) is 42.5 Å². The van der Waals surface area contributed by atoms with Crippen LogP contribution in [0, 0.1) is 6.92 Å². The van der Waals surface area contributed by atoms with Crippen LogP contribution in [0.15, 0.2) is 65.6 Å². The maximum atomic E-state index is 12.6. The lowest BCUT2D eigenvalue weighted by Gasteiger charge is -2.19. The van der Waals surface area contributed by atoms with E-state index in [4.69, 9.17) is 0 Å². The van der Waals surface area contributed by atoms with E-state index in [1.807, 2.05) is 55.5 Å². The van der Waals surface area contributed by atoms with E-state index in [2.05, 4.69) is 20.3 Å². The molecular weight excluding hydrogens is 352 g/mol. The van der Waals surface area contributed by atoms with E-state index in [0.717, 1.165) is 22.2 Å². The molecule has 28 heavy (non-hydrogen) atoms. The van der Waals surface area contributed by atoms with Gasteiger partial charge < -0.3 is 20.4 Å². The first-order valence-electron chi connectivity index (χ1n) is 9.24. The fraction of sp³-hybridized carbons (Fsp3) is 0.182. The van der Waals surface area contributed by atoms with Gasteiger partial charge in [0.2, 0.25) is 0 Å². The van der Waals surface area contributed by atoms with Crippen molar-refractivity contribution in [3.63, 3.8) is 0 Å². The van der Waals surface area contributed by atoms with Gasteiger partial charge in [-0.05, 0) is 36.6 Å². The van der Waals surface area contributed by atoms with Crippen molar-refractivity contribution in [2.24, 2.45) is 0 Å². The number of aromatic nitrogens is 3. The molecule has 1 atom stereocenters. The normalized spacial score (nSPS) is 12.2. The molecule has 0 aliphatic rings. The van der Waals surface area contributed by atoms with Crippen LogP contribution in [0.4, 0.5) is 5.69 Å². The molecule has 2 heterocycles. The number of aryl methyl sites for hydroxylation is 1. The van der Waals surface area contributed by atoms with Crippen LogP contribution in [0.5, 0.6) is 0 Å². The number of aliphatic hydroxyl groups excluding tert-OH is 1. The zero-order valence-electron chi connectivity index (χ0n) is 15.6. The lowest BCUT2D eigenvalue weighted by atomic mass is 10.1. The Bertz CT molecular complexity index is 1150. The fourth-order valence-corrected chi connectivity index (χ4v) is 3.41. The molecule has 0 spiro atoms. The zero-order chi connectivity index (χ0) is 19.5. The number of pyridine rings is 1. The van der Waals surface area contributed by atoms with Crippen LogP contribution in [-0.2, 0) is 6.42 Å². The van der Waals surface area contributed by atoms with Gasteiger partial charge in [-0.3, -0.25) is 4.79 Å². The minimum atomic E-state index is -0.238. The Morgan fingerprint density at radius 3 is 2.68 bits per heavy atom. The van der Waals surface area contributed by atoms with Crippen LogP contribution < -0.4 is 10.9 Å². The average Bonchev–Trinajstić information content (AvgIpc) is 3.13. The van der Waals surface area contributed by atoms with Crippen molar-refractivity contribution in [3.8, 4) is 11.4 Å². The van der Waals surface area contributed by atoms with Crippen LogP contribution in [0.3, 0.4) is 0 Å². The predicted octanol–water partition coefficient (Wildman–Crippen LogP) is 3.24. The molecule has 2 aromatic carbocycles. The van der Waals surface area contributed by atoms with Crippen LogP contribution in [0.2, 0.25) is 0 Å². The molecule has 0 aliphatic heterocycles. The van der Waals surface area contributed by atoms with E-state index in [1.54, 1.807) is 12.3 Å². The van der Waals surface area contributed by atoms with Crippen molar-refractivity contribution in [2.75, 3.05) is 11.9 Å². The molecule has 0 radical (unpaired) electrons. The molecule has 4 rings (SSSR count). The maximum absolute atomic E-state index is 12.6. The quantitative estimate of drug-likeness (QED) is 0.417. The van der Waals surface area contributed by atoms with Gasteiger partial charge in [-0.2, -0.15) is 0 Å². The summed E-state index contributed by atoms with van der Waals surface area (Å²) in [4.78, 5) is 23.2. The number of rotatable bonds is 6. The minimum Gasteiger partial charge on any atom is -0.394 e. The number of nitrogens with zero attached hydrogens (tertiary/aromatic N) is 1. The number of hydrogen-bond donors (Lipinski definition) is 4. The molecule has 2 aromatic heterocycles. The number of aromatic amines is 2. The molecule has 4 aromatic rings. The first kappa shape index (κ1) is 18.0. The van der Waals surface area contributed by atoms with Crippen LogP contribution in [0.25, 0.3) is 22.4 Å². The van der Waals surface area contributed by atoms with E-state index in [9.17, 15) is 9.90 Å². The number of nitrogens with one attached hydrogen (secondary N) is 3. The second-order valence-corrected chi connectivity index (χ2v) is 6.87. The summed E-state index contributed by atoms with van der Waals surface area (Å²) in [5.41, 5.74) is 4.71. The van der Waals surface area contributed by atoms with Crippen molar-refractivity contribution in [3.05, 3.63) is 82.3 Å². The van der Waals surface area contributed by atoms with Crippen LogP contribution in [0.1, 0.15) is 11.1 Å². The summed E-state index contributed by atoms with van der Waals surface area (Å²) in [5.74, 6) is 0.505. The number of benzene rings is 2. The molecular formula is C22H22N4O2. The molecule has 0 fully saturated rings. The molecule has 0 bridgehead atoms. The number of H-pyrrole nitrogens is 2. The Kier molecular flexibility index (Phi) is 4.95. The standard InChI is InChI=1S/C22H22N4O2/c1-14-6-5-9-18-20(14)26-21(25-18)19-17(10-11-23-22(19)28)24-16(13-27)12-15-7-3-2-4-8-15/h2-11,16,27H,12-13H2,1H3,(H,25,26)(H2,23,24,28). The number of anilines is 1. The predicted molar refractivity (Wildman–Crippen MR) is 112 cm³/mol. The van der Waals surface area contributed by atoms with Crippen molar-refractivity contribution in [1.29, 1.82) is 0 Å². The van der Waals surface area contributed by atoms with E-state index < -0.39 is 0 Å². The van der Waals surface area contributed by atoms with Crippen molar-refractivity contribution in [1.82, 2.24) is 15.0 Å². The summed E-state index contributed by atoms with van der Waals surface area (Å²) in [6.07, 6.45) is 2.24. The monoisotopic (exact) mass is 374 g/mol. The summed E-state index contributed by atoms with van der Waals surface area (Å²) >= 11 is 0.